The summed E-state index contributed by atoms with van der Waals surface area (Å²) in [7, 11) is 4.11. The molecule has 0 saturated carbocycles. The fourth-order valence-electron chi connectivity index (χ4n) is 3.67. The zero-order valence-electron chi connectivity index (χ0n) is 19.8. The zero-order chi connectivity index (χ0) is 24.0. The van der Waals surface area contributed by atoms with Gasteiger partial charge in [0.15, 0.2) is 5.76 Å². The maximum Gasteiger partial charge on any atom is 0.229 e. The largest absolute Gasteiger partial charge is 0.478 e. The molecule has 35 heavy (non-hydrogen) atoms. The summed E-state index contributed by atoms with van der Waals surface area (Å²) in [4.78, 5) is 14.3. The van der Waals surface area contributed by atoms with Crippen LogP contribution in [0.4, 0.5) is 5.13 Å². The summed E-state index contributed by atoms with van der Waals surface area (Å²) >= 11 is 1.54. The molecule has 0 fully saturated rings. The van der Waals surface area contributed by atoms with Gasteiger partial charge in [-0.2, -0.15) is 0 Å². The molecule has 0 N–H and O–H groups in total. The van der Waals surface area contributed by atoms with Crippen molar-refractivity contribution in [1.82, 2.24) is 24.5 Å². The third kappa shape index (κ3) is 5.90. The number of fused-ring (bicyclic) bond motifs is 1. The molecule has 9 nitrogen and oxygen atoms in total. The van der Waals surface area contributed by atoms with Crippen LogP contribution in [0.25, 0.3) is 16.2 Å². The Balaban J connectivity index is 1.29. The molecule has 0 atom stereocenters. The first-order valence-electron chi connectivity index (χ1n) is 11.5. The second-order valence-corrected chi connectivity index (χ2v) is 9.42. The first kappa shape index (κ1) is 23.1. The number of ether oxygens (including phenoxy) is 3. The van der Waals surface area contributed by atoms with Crippen molar-refractivity contribution in [3.8, 4) is 17.1 Å². The highest BCUT2D eigenvalue weighted by atomic mass is 32.1. The molecule has 0 bridgehead atoms. The van der Waals surface area contributed by atoms with E-state index in [1.807, 2.05) is 41.0 Å². The number of rotatable bonds is 11. The molecule has 0 aliphatic carbocycles. The van der Waals surface area contributed by atoms with Gasteiger partial charge in [0, 0.05) is 30.9 Å². The normalized spacial score (nSPS) is 13.1. The standard InChI is InChI=1S/C25H28N6O3S/c1-29(2)11-6-12-33-23-10-9-20(13-26-23)22-16-31-24(27-22)35-25(28-31)30(15-21-17-32-18-34-21)14-19-7-4-3-5-8-19/h3-5,7-10,13,16-17H,6,11-12,14-15,18H2,1-2H3. The number of aromatic nitrogens is 4. The lowest BCUT2D eigenvalue weighted by Gasteiger charge is -2.21. The number of pyridine rings is 1. The number of benzene rings is 1. The van der Waals surface area contributed by atoms with E-state index in [-0.39, 0.29) is 6.79 Å². The third-order valence-electron chi connectivity index (χ3n) is 5.42. The van der Waals surface area contributed by atoms with Gasteiger partial charge in [0.05, 0.1) is 25.0 Å². The molecule has 1 aromatic carbocycles. The van der Waals surface area contributed by atoms with Crippen LogP contribution in [0, 0.1) is 0 Å². The van der Waals surface area contributed by atoms with Crippen LogP contribution < -0.4 is 9.64 Å². The molecule has 10 heteroatoms. The molecule has 4 aromatic rings. The van der Waals surface area contributed by atoms with Gasteiger partial charge in [-0.15, -0.1) is 5.10 Å². The predicted molar refractivity (Wildman–Crippen MR) is 135 cm³/mol. The number of imidazole rings is 1. The van der Waals surface area contributed by atoms with Gasteiger partial charge in [-0.1, -0.05) is 41.7 Å². The van der Waals surface area contributed by atoms with Gasteiger partial charge in [-0.05, 0) is 32.1 Å². The van der Waals surface area contributed by atoms with E-state index in [2.05, 4.69) is 41.0 Å². The highest BCUT2D eigenvalue weighted by Gasteiger charge is 2.19. The highest BCUT2D eigenvalue weighted by Crippen LogP contribution is 2.29. The van der Waals surface area contributed by atoms with E-state index in [0.29, 0.717) is 25.6 Å². The van der Waals surface area contributed by atoms with Crippen LogP contribution in [0.2, 0.25) is 0 Å². The second kappa shape index (κ2) is 10.7. The maximum atomic E-state index is 5.73. The molecule has 3 aromatic heterocycles. The predicted octanol–water partition coefficient (Wildman–Crippen LogP) is 4.04. The van der Waals surface area contributed by atoms with Crippen molar-refractivity contribution in [2.24, 2.45) is 0 Å². The second-order valence-electron chi connectivity index (χ2n) is 8.48. The van der Waals surface area contributed by atoms with E-state index < -0.39 is 0 Å². The zero-order valence-corrected chi connectivity index (χ0v) is 20.6. The number of hydrogen-bond donors (Lipinski definition) is 0. The Labute approximate surface area is 208 Å². The lowest BCUT2D eigenvalue weighted by Crippen LogP contribution is -2.25. The monoisotopic (exact) mass is 492 g/mol. The van der Waals surface area contributed by atoms with Gasteiger partial charge in [-0.3, -0.25) is 0 Å². The molecule has 0 spiro atoms. The Morgan fingerprint density at radius 3 is 2.71 bits per heavy atom. The Morgan fingerprint density at radius 1 is 1.11 bits per heavy atom. The number of anilines is 1. The van der Waals surface area contributed by atoms with Gasteiger partial charge in [-0.25, -0.2) is 14.5 Å². The Morgan fingerprint density at radius 2 is 2.00 bits per heavy atom. The lowest BCUT2D eigenvalue weighted by molar-refractivity contribution is 0.0797. The van der Waals surface area contributed by atoms with Crippen molar-refractivity contribution in [2.45, 2.75) is 13.0 Å². The summed E-state index contributed by atoms with van der Waals surface area (Å²) in [6.07, 6.45) is 6.34. The summed E-state index contributed by atoms with van der Waals surface area (Å²) < 4.78 is 18.3. The SMILES string of the molecule is CN(C)CCCOc1ccc(-c2cn3nc(N(CC4=COCO4)Cc4ccccc4)sc3n2)cn1. The summed E-state index contributed by atoms with van der Waals surface area (Å²) in [6, 6.07) is 14.2. The van der Waals surface area contributed by atoms with Crippen LogP contribution in [0.1, 0.15) is 12.0 Å². The van der Waals surface area contributed by atoms with E-state index in [9.17, 15) is 0 Å². The molecule has 0 amide bonds. The smallest absolute Gasteiger partial charge is 0.229 e. The molecule has 4 heterocycles. The van der Waals surface area contributed by atoms with Crippen molar-refractivity contribution in [1.29, 1.82) is 0 Å². The molecule has 0 unspecified atom stereocenters. The van der Waals surface area contributed by atoms with Gasteiger partial charge < -0.3 is 24.0 Å². The van der Waals surface area contributed by atoms with E-state index in [1.54, 1.807) is 12.5 Å². The third-order valence-corrected chi connectivity index (χ3v) is 6.41. The topological polar surface area (TPSA) is 77.3 Å². The number of nitrogens with zero attached hydrogens (tertiary/aromatic N) is 6. The van der Waals surface area contributed by atoms with E-state index in [4.69, 9.17) is 24.3 Å². The van der Waals surface area contributed by atoms with Crippen molar-refractivity contribution in [3.05, 3.63) is 72.4 Å². The van der Waals surface area contributed by atoms with Gasteiger partial charge in [0.25, 0.3) is 0 Å². The molecule has 1 aliphatic heterocycles. The molecule has 182 valence electrons. The van der Waals surface area contributed by atoms with Crippen LogP contribution >= 0.6 is 11.3 Å². The molecule has 0 saturated heterocycles. The van der Waals surface area contributed by atoms with Crippen molar-refractivity contribution in [2.75, 3.05) is 45.5 Å². The summed E-state index contributed by atoms with van der Waals surface area (Å²) in [5, 5.41) is 5.67. The van der Waals surface area contributed by atoms with Gasteiger partial charge >= 0.3 is 0 Å². The van der Waals surface area contributed by atoms with Crippen molar-refractivity contribution < 1.29 is 14.2 Å². The Kier molecular flexibility index (Phi) is 7.10. The summed E-state index contributed by atoms with van der Waals surface area (Å²) in [6.45, 7) is 3.15. The molecule has 5 rings (SSSR count). The summed E-state index contributed by atoms with van der Waals surface area (Å²) in [5.41, 5.74) is 2.94. The fourth-order valence-corrected chi connectivity index (χ4v) is 4.55. The molecular weight excluding hydrogens is 464 g/mol. The minimum atomic E-state index is 0.257. The van der Waals surface area contributed by atoms with Crippen LogP contribution in [-0.4, -0.2) is 65.1 Å². The quantitative estimate of drug-likeness (QED) is 0.291. The fraction of sp³-hybridized carbons (Fsp3) is 0.320. The van der Waals surface area contributed by atoms with E-state index >= 15 is 0 Å². The minimum absolute atomic E-state index is 0.257. The molecule has 1 aliphatic rings. The van der Waals surface area contributed by atoms with Crippen molar-refractivity contribution >= 4 is 21.4 Å². The molecule has 0 radical (unpaired) electrons. The highest BCUT2D eigenvalue weighted by molar-refractivity contribution is 7.20. The Hall–Kier alpha value is -3.63. The first-order valence-corrected chi connectivity index (χ1v) is 12.3. The minimum Gasteiger partial charge on any atom is -0.478 e. The Bertz CT molecular complexity index is 1240. The first-order chi connectivity index (χ1) is 17.1. The lowest BCUT2D eigenvalue weighted by atomic mass is 10.2. The van der Waals surface area contributed by atoms with E-state index in [1.165, 1.54) is 16.9 Å². The van der Waals surface area contributed by atoms with Gasteiger partial charge in [0.2, 0.25) is 22.8 Å². The average molecular weight is 493 g/mol. The molecular formula is C25H28N6O3S. The average Bonchev–Trinajstić information content (AvgIpc) is 3.59. The maximum absolute atomic E-state index is 5.73. The summed E-state index contributed by atoms with van der Waals surface area (Å²) in [5.74, 6) is 1.41. The van der Waals surface area contributed by atoms with Gasteiger partial charge in [0.1, 0.15) is 6.26 Å². The van der Waals surface area contributed by atoms with E-state index in [0.717, 1.165) is 40.1 Å². The number of hydrogen-bond acceptors (Lipinski definition) is 9. The van der Waals surface area contributed by atoms with Crippen LogP contribution in [-0.2, 0) is 16.0 Å². The van der Waals surface area contributed by atoms with Crippen molar-refractivity contribution in [3.63, 3.8) is 0 Å². The van der Waals surface area contributed by atoms with Crippen LogP contribution in [0.15, 0.2) is 66.9 Å². The van der Waals surface area contributed by atoms with Crippen LogP contribution in [0.3, 0.4) is 0 Å². The van der Waals surface area contributed by atoms with Crippen LogP contribution in [0.5, 0.6) is 5.88 Å².